The van der Waals surface area contributed by atoms with Gasteiger partial charge in [-0.2, -0.15) is 9.97 Å². The molecule has 6 heterocycles. The molecule has 2 aromatic carbocycles. The summed E-state index contributed by atoms with van der Waals surface area (Å²) in [6.45, 7) is 4.88. The molecule has 13 heteroatoms. The minimum atomic E-state index is -0.684. The number of aromatic hydroxyl groups is 1. The van der Waals surface area contributed by atoms with Gasteiger partial charge in [-0.1, -0.05) is 13.0 Å². The van der Waals surface area contributed by atoms with Crippen LogP contribution in [0.1, 0.15) is 44.6 Å². The van der Waals surface area contributed by atoms with Crippen molar-refractivity contribution in [3.63, 3.8) is 0 Å². The number of halogens is 2. The van der Waals surface area contributed by atoms with E-state index in [2.05, 4.69) is 25.1 Å². The van der Waals surface area contributed by atoms with Crippen molar-refractivity contribution in [3.8, 4) is 23.0 Å². The molecule has 1 amide bonds. The van der Waals surface area contributed by atoms with Crippen LogP contribution in [0.25, 0.3) is 32.9 Å². The van der Waals surface area contributed by atoms with Crippen LogP contribution in [0.5, 0.6) is 11.8 Å². The lowest BCUT2D eigenvalue weighted by Crippen LogP contribution is -2.48. The zero-order valence-electron chi connectivity index (χ0n) is 28.0. The molecule has 2 N–H and O–H groups in total. The Morgan fingerprint density at radius 3 is 2.82 bits per heavy atom. The minimum Gasteiger partial charge on any atom is -0.508 e. The van der Waals surface area contributed by atoms with E-state index in [0.717, 1.165) is 51.7 Å². The van der Waals surface area contributed by atoms with Crippen molar-refractivity contribution in [1.82, 2.24) is 30.1 Å². The number of carbonyl (C=O) groups is 1. The van der Waals surface area contributed by atoms with Crippen molar-refractivity contribution in [1.29, 1.82) is 0 Å². The number of piperazine rings is 1. The van der Waals surface area contributed by atoms with Crippen LogP contribution in [0.15, 0.2) is 30.5 Å². The molecule has 2 bridgehead atoms. The molecular formula is C36H41F2N7O4. The van der Waals surface area contributed by atoms with E-state index in [1.807, 2.05) is 6.92 Å². The number of benzene rings is 2. The van der Waals surface area contributed by atoms with E-state index in [-0.39, 0.29) is 46.7 Å². The van der Waals surface area contributed by atoms with Gasteiger partial charge >= 0.3 is 12.1 Å². The van der Waals surface area contributed by atoms with E-state index < -0.39 is 11.6 Å². The molecule has 4 fully saturated rings. The fourth-order valence-electron chi connectivity index (χ4n) is 8.63. The lowest BCUT2D eigenvalue weighted by Gasteiger charge is -2.34. The second kappa shape index (κ2) is 12.2. The number of aromatic nitrogens is 3. The van der Waals surface area contributed by atoms with Crippen LogP contribution in [0, 0.1) is 11.6 Å². The molecule has 258 valence electrons. The zero-order chi connectivity index (χ0) is 34.0. The number of nitrogens with one attached hydrogen (secondary N) is 1. The van der Waals surface area contributed by atoms with Gasteiger partial charge in [-0.15, -0.1) is 0 Å². The molecular weight excluding hydrogens is 632 g/mol. The predicted molar refractivity (Wildman–Crippen MR) is 181 cm³/mol. The van der Waals surface area contributed by atoms with Crippen molar-refractivity contribution < 1.29 is 28.2 Å². The van der Waals surface area contributed by atoms with Crippen LogP contribution >= 0.6 is 0 Å². The molecule has 11 nitrogen and oxygen atoms in total. The Bertz CT molecular complexity index is 1960. The van der Waals surface area contributed by atoms with Crippen molar-refractivity contribution >= 4 is 33.6 Å². The first-order chi connectivity index (χ1) is 23.7. The molecule has 4 aliphatic heterocycles. The molecule has 49 heavy (non-hydrogen) atoms. The first-order valence-electron chi connectivity index (χ1n) is 17.2. The van der Waals surface area contributed by atoms with Gasteiger partial charge in [0.25, 0.3) is 0 Å². The van der Waals surface area contributed by atoms with Crippen LogP contribution in [0.4, 0.5) is 19.4 Å². The third kappa shape index (κ3) is 5.38. The van der Waals surface area contributed by atoms with E-state index in [1.54, 1.807) is 32.4 Å². The zero-order valence-corrected chi connectivity index (χ0v) is 28.0. The lowest BCUT2D eigenvalue weighted by atomic mass is 9.94. The van der Waals surface area contributed by atoms with Gasteiger partial charge in [-0.05, 0) is 79.6 Å². The largest absolute Gasteiger partial charge is 0.508 e. The van der Waals surface area contributed by atoms with Crippen LogP contribution in [-0.4, -0.2) is 107 Å². The highest BCUT2D eigenvalue weighted by atomic mass is 19.1. The lowest BCUT2D eigenvalue weighted by molar-refractivity contribution is 0.0484. The number of phenolic OH excluding ortho intramolecular Hbond substituents is 1. The number of carbonyl (C=O) groups excluding carboxylic acids is 1. The van der Waals surface area contributed by atoms with Gasteiger partial charge in [0.1, 0.15) is 41.8 Å². The van der Waals surface area contributed by atoms with Crippen molar-refractivity contribution in [2.75, 3.05) is 51.8 Å². The van der Waals surface area contributed by atoms with Crippen LogP contribution in [0.2, 0.25) is 0 Å². The third-order valence-corrected chi connectivity index (χ3v) is 11.0. The predicted octanol–water partition coefficient (Wildman–Crippen LogP) is 5.02. The van der Waals surface area contributed by atoms with Gasteiger partial charge in [0.05, 0.1) is 10.9 Å². The van der Waals surface area contributed by atoms with Crippen molar-refractivity contribution in [3.05, 3.63) is 47.7 Å². The van der Waals surface area contributed by atoms with Crippen molar-refractivity contribution in [2.45, 2.75) is 69.1 Å². The first-order valence-corrected chi connectivity index (χ1v) is 17.2. The number of fused-ring (bicyclic) bond motifs is 5. The van der Waals surface area contributed by atoms with Gasteiger partial charge in [0.15, 0.2) is 5.82 Å². The molecule has 0 spiro atoms. The summed E-state index contributed by atoms with van der Waals surface area (Å²) in [4.78, 5) is 32.3. The molecule has 4 aromatic rings. The van der Waals surface area contributed by atoms with Gasteiger partial charge in [0, 0.05) is 57.1 Å². The number of ether oxygens (including phenoxy) is 2. The number of pyridine rings is 1. The molecule has 8 rings (SSSR count). The quantitative estimate of drug-likeness (QED) is 0.264. The molecule has 0 saturated carbocycles. The third-order valence-electron chi connectivity index (χ3n) is 11.0. The smallest absolute Gasteiger partial charge is 0.409 e. The molecule has 4 atom stereocenters. The van der Waals surface area contributed by atoms with Crippen LogP contribution < -0.4 is 15.0 Å². The summed E-state index contributed by atoms with van der Waals surface area (Å²) in [7, 11) is 3.34. The normalized spacial score (nSPS) is 24.7. The number of anilines is 1. The Morgan fingerprint density at radius 2 is 2.06 bits per heavy atom. The average Bonchev–Trinajstić information content (AvgIpc) is 3.89. The van der Waals surface area contributed by atoms with Gasteiger partial charge in [-0.25, -0.2) is 13.6 Å². The van der Waals surface area contributed by atoms with E-state index in [0.29, 0.717) is 58.8 Å². The number of amides is 1. The maximum Gasteiger partial charge on any atom is 0.409 e. The summed E-state index contributed by atoms with van der Waals surface area (Å²) in [6.07, 6.45) is 6.25. The Labute approximate surface area is 283 Å². The fraction of sp³-hybridized carbons (Fsp3) is 0.500. The maximum atomic E-state index is 16.9. The summed E-state index contributed by atoms with van der Waals surface area (Å²) < 4.78 is 43.9. The number of phenols is 1. The SMILES string of the molecule is CCc1c(F)ccc2cc(O)cc(-c3ncc4c(N5C[C@H]6C[C@@H]5CN6)nc(OC[C@]56CCCN5[C@@H](COC(=O)N(C)C)CC6)nc4c3F)c12. The van der Waals surface area contributed by atoms with Gasteiger partial charge < -0.3 is 29.7 Å². The highest BCUT2D eigenvalue weighted by molar-refractivity contribution is 6.01. The van der Waals surface area contributed by atoms with E-state index >= 15 is 8.78 Å². The standard InChI is InChI=1S/C36H41F2N7O4/c1-4-25-28(37)7-6-20-12-24(46)14-26(29(20)25)31-30(38)32-27(16-40-31)33(44-17-21-13-23(44)15-39-21)42-34(41-32)49-19-36-9-5-11-45(36)22(8-10-36)18-48-35(47)43(2)3/h6-7,12,14,16,21-23,39,46H,4-5,8-11,13,15,17-19H2,1-3H3/t21-,22-,23-,36-/m1/s1. The minimum absolute atomic E-state index is 0.0274. The average molecular weight is 674 g/mol. The molecule has 0 unspecified atom stereocenters. The van der Waals surface area contributed by atoms with E-state index in [4.69, 9.17) is 14.5 Å². The second-order valence-electron chi connectivity index (χ2n) is 14.1. The maximum absolute atomic E-state index is 16.9. The molecule has 2 aromatic heterocycles. The number of rotatable bonds is 8. The summed E-state index contributed by atoms with van der Waals surface area (Å²) in [5, 5.41) is 15.7. The Kier molecular flexibility index (Phi) is 7.94. The number of hydrogen-bond donors (Lipinski definition) is 2. The summed E-state index contributed by atoms with van der Waals surface area (Å²) in [6, 6.07) is 6.63. The highest BCUT2D eigenvalue weighted by Crippen LogP contribution is 2.44. The van der Waals surface area contributed by atoms with Crippen molar-refractivity contribution in [2.24, 2.45) is 0 Å². The van der Waals surface area contributed by atoms with E-state index in [1.165, 1.54) is 17.0 Å². The second-order valence-corrected chi connectivity index (χ2v) is 14.1. The van der Waals surface area contributed by atoms with Crippen LogP contribution in [-0.2, 0) is 11.2 Å². The molecule has 0 aliphatic carbocycles. The Balaban J connectivity index is 1.18. The number of nitrogens with zero attached hydrogens (tertiary/aromatic N) is 6. The highest BCUT2D eigenvalue weighted by Gasteiger charge is 2.50. The number of aryl methyl sites for hydroxylation is 1. The van der Waals surface area contributed by atoms with Crippen LogP contribution in [0.3, 0.4) is 0 Å². The monoisotopic (exact) mass is 673 g/mol. The summed E-state index contributed by atoms with van der Waals surface area (Å²) >= 11 is 0. The van der Waals surface area contributed by atoms with E-state index in [9.17, 15) is 9.90 Å². The molecule has 4 aliphatic rings. The Hall–Kier alpha value is -4.36. The number of hydrogen-bond acceptors (Lipinski definition) is 10. The summed E-state index contributed by atoms with van der Waals surface area (Å²) in [5.74, 6) is -0.576. The Morgan fingerprint density at radius 1 is 1.20 bits per heavy atom. The fourth-order valence-corrected chi connectivity index (χ4v) is 8.63. The van der Waals surface area contributed by atoms with Gasteiger partial charge in [0.2, 0.25) is 0 Å². The first kappa shape index (κ1) is 31.9. The van der Waals surface area contributed by atoms with Gasteiger partial charge in [-0.3, -0.25) is 9.88 Å². The molecule has 4 saturated heterocycles. The molecule has 0 radical (unpaired) electrons. The topological polar surface area (TPSA) is 116 Å². The summed E-state index contributed by atoms with van der Waals surface area (Å²) in [5.41, 5.74) is 0.499.